The molecule has 0 aromatic carbocycles. The highest BCUT2D eigenvalue weighted by molar-refractivity contribution is 7.47. The molecule has 1 unspecified atom stereocenters. The summed E-state index contributed by atoms with van der Waals surface area (Å²) < 4.78 is 30.9. The van der Waals surface area contributed by atoms with E-state index in [1.165, 1.54) is 16.8 Å². The Bertz CT molecular complexity index is 1760. The van der Waals surface area contributed by atoms with Crippen molar-refractivity contribution in [2.24, 2.45) is 21.1 Å². The van der Waals surface area contributed by atoms with Crippen molar-refractivity contribution >= 4 is 48.8 Å². The minimum atomic E-state index is -3.89. The summed E-state index contributed by atoms with van der Waals surface area (Å²) in [6.45, 7) is 7.77. The quantitative estimate of drug-likeness (QED) is 0.0537. The number of nitrogens with zero attached hydrogens (tertiary/aromatic N) is 4. The number of carbonyl (C=O) groups is 4. The van der Waals surface area contributed by atoms with Gasteiger partial charge in [0.1, 0.15) is 17.0 Å². The molecule has 0 spiro atoms. The van der Waals surface area contributed by atoms with Crippen LogP contribution in [0.5, 0.6) is 0 Å². The fraction of sp³-hybridized carbons (Fsp3) is 0.583. The fourth-order valence-electron chi connectivity index (χ4n) is 5.56. The highest BCUT2D eigenvalue weighted by Gasteiger charge is 2.22. The maximum Gasteiger partial charge on any atom is 0.472 e. The normalized spacial score (nSPS) is 12.6. The average molecular weight is 777 g/mol. The van der Waals surface area contributed by atoms with Gasteiger partial charge in [-0.1, -0.05) is 51.4 Å². The van der Waals surface area contributed by atoms with Gasteiger partial charge in [0.05, 0.1) is 24.6 Å². The lowest BCUT2D eigenvalue weighted by Gasteiger charge is -2.18. The van der Waals surface area contributed by atoms with Crippen LogP contribution in [0.2, 0.25) is 0 Å². The second-order valence-electron chi connectivity index (χ2n) is 14.1. The summed E-state index contributed by atoms with van der Waals surface area (Å²) in [6, 6.07) is 3.14. The largest absolute Gasteiger partial charge is 0.472 e. The molecule has 4 amide bonds. The lowest BCUT2D eigenvalue weighted by atomic mass is 10.1. The molecule has 1 atom stereocenters. The van der Waals surface area contributed by atoms with Crippen LogP contribution in [0, 0.1) is 0 Å². The summed E-state index contributed by atoms with van der Waals surface area (Å²) in [5.74, 6) is -1.02. The van der Waals surface area contributed by atoms with Gasteiger partial charge in [0.25, 0.3) is 17.7 Å². The van der Waals surface area contributed by atoms with Crippen molar-refractivity contribution in [1.82, 2.24) is 24.0 Å². The van der Waals surface area contributed by atoms with Crippen LogP contribution in [0.25, 0.3) is 0 Å². The predicted molar refractivity (Wildman–Crippen MR) is 206 cm³/mol. The van der Waals surface area contributed by atoms with Gasteiger partial charge in [-0.15, -0.1) is 0 Å². The molecule has 18 heteroatoms. The number of unbranched alkanes of at least 4 members (excludes halogenated alkanes) is 9. The van der Waals surface area contributed by atoms with E-state index in [4.69, 9.17) is 9.26 Å². The van der Waals surface area contributed by atoms with E-state index in [1.807, 2.05) is 0 Å². The molecule has 0 saturated carbocycles. The summed E-state index contributed by atoms with van der Waals surface area (Å²) in [6.07, 6.45) is 14.3. The maximum absolute atomic E-state index is 13.2. The Morgan fingerprint density at radius 3 is 1.80 bits per heavy atom. The number of imidazole rings is 1. The van der Waals surface area contributed by atoms with Crippen LogP contribution in [-0.2, 0) is 39.5 Å². The van der Waals surface area contributed by atoms with Gasteiger partial charge in [-0.3, -0.25) is 28.7 Å². The molecule has 3 rings (SSSR count). The lowest BCUT2D eigenvalue weighted by Crippen LogP contribution is -2.27. The number of hydrogen-bond donors (Lipinski definition) is 5. The van der Waals surface area contributed by atoms with Crippen molar-refractivity contribution in [1.29, 1.82) is 0 Å². The molecule has 0 saturated heterocycles. The molecule has 300 valence electrons. The minimum absolute atomic E-state index is 0.0346. The Hall–Kier alpha value is -4.44. The molecule has 0 aliphatic heterocycles. The third kappa shape index (κ3) is 15.1. The van der Waals surface area contributed by atoms with Crippen LogP contribution >= 0.6 is 7.82 Å². The molecule has 0 bridgehead atoms. The molecule has 0 radical (unpaired) electrons. The number of hydrogen-bond acceptors (Lipinski definition) is 9. The third-order valence-corrected chi connectivity index (χ3v) is 9.20. The molecular weight excluding hydrogens is 719 g/mol. The van der Waals surface area contributed by atoms with Crippen molar-refractivity contribution < 1.29 is 42.4 Å². The van der Waals surface area contributed by atoms with Crippen LogP contribution in [0.3, 0.4) is 0 Å². The average Bonchev–Trinajstić information content (AvgIpc) is 3.74. The van der Waals surface area contributed by atoms with Crippen molar-refractivity contribution in [2.75, 3.05) is 35.7 Å². The highest BCUT2D eigenvalue weighted by Crippen LogP contribution is 2.43. The molecule has 3 aromatic heterocycles. The van der Waals surface area contributed by atoms with Crippen molar-refractivity contribution in [3.63, 3.8) is 0 Å². The Kier molecular flexibility index (Phi) is 17.0. The number of carbonyl (C=O) groups excluding carboxylic acids is 4. The standard InChI is InChI=1S/C36H57N8O9P/c1-8-51-54(49,50)52-20-18-16-14-12-10-9-11-13-15-17-19-37-32(45)28-21-26(23-42(28)5)38-33(46)29-22-27(24-43(29)6)39-34(47)31-40-30(25-44(31)7)41-35(48)53-36(2,3)4/h21-25H,8-20H2,1-7H3,(H,37,45)(H,38,46)(H,39,47)(H,41,48)(H,49,50). The van der Waals surface area contributed by atoms with Gasteiger partial charge in [0.2, 0.25) is 5.82 Å². The number of aromatic nitrogens is 4. The van der Waals surface area contributed by atoms with E-state index in [2.05, 4.69) is 30.8 Å². The Balaban J connectivity index is 1.35. The molecular formula is C36H57N8O9P. The summed E-state index contributed by atoms with van der Waals surface area (Å²) in [4.78, 5) is 64.7. The van der Waals surface area contributed by atoms with E-state index >= 15 is 0 Å². The summed E-state index contributed by atoms with van der Waals surface area (Å²) >= 11 is 0. The van der Waals surface area contributed by atoms with Crippen LogP contribution < -0.4 is 21.3 Å². The first-order valence-electron chi connectivity index (χ1n) is 18.4. The Morgan fingerprint density at radius 2 is 1.24 bits per heavy atom. The summed E-state index contributed by atoms with van der Waals surface area (Å²) in [5, 5.41) is 11.0. The van der Waals surface area contributed by atoms with Crippen LogP contribution in [-0.4, -0.2) is 72.8 Å². The fourth-order valence-corrected chi connectivity index (χ4v) is 6.32. The zero-order chi connectivity index (χ0) is 39.9. The van der Waals surface area contributed by atoms with Gasteiger partial charge in [-0.05, 0) is 52.7 Å². The van der Waals surface area contributed by atoms with Crippen molar-refractivity contribution in [2.45, 2.75) is 97.5 Å². The molecule has 0 aliphatic rings. The van der Waals surface area contributed by atoms with E-state index in [-0.39, 0.29) is 36.5 Å². The topological polar surface area (TPSA) is 209 Å². The number of amides is 4. The molecule has 17 nitrogen and oxygen atoms in total. The maximum atomic E-state index is 13.2. The number of phosphoric ester groups is 1. The monoisotopic (exact) mass is 776 g/mol. The van der Waals surface area contributed by atoms with E-state index in [0.717, 1.165) is 64.2 Å². The number of ether oxygens (including phenoxy) is 1. The second-order valence-corrected chi connectivity index (χ2v) is 15.5. The molecule has 3 aromatic rings. The first kappa shape index (κ1) is 44.0. The molecule has 0 aliphatic carbocycles. The van der Waals surface area contributed by atoms with Crippen LogP contribution in [0.15, 0.2) is 30.7 Å². The predicted octanol–water partition coefficient (Wildman–Crippen LogP) is 6.73. The zero-order valence-corrected chi connectivity index (χ0v) is 33.4. The number of rotatable bonds is 22. The second kappa shape index (κ2) is 20.9. The van der Waals surface area contributed by atoms with E-state index < -0.39 is 31.3 Å². The number of nitrogens with one attached hydrogen (secondary N) is 4. The number of aryl methyl sites for hydroxylation is 3. The van der Waals surface area contributed by atoms with Gasteiger partial charge >= 0.3 is 13.9 Å². The van der Waals surface area contributed by atoms with Gasteiger partial charge < -0.3 is 39.3 Å². The summed E-state index contributed by atoms with van der Waals surface area (Å²) in [7, 11) is 1.13. The minimum Gasteiger partial charge on any atom is -0.444 e. The smallest absolute Gasteiger partial charge is 0.444 e. The van der Waals surface area contributed by atoms with Gasteiger partial charge in [-0.2, -0.15) is 0 Å². The lowest BCUT2D eigenvalue weighted by molar-refractivity contribution is 0.0634. The van der Waals surface area contributed by atoms with Crippen molar-refractivity contribution in [3.8, 4) is 0 Å². The van der Waals surface area contributed by atoms with Gasteiger partial charge in [0, 0.05) is 46.3 Å². The van der Waals surface area contributed by atoms with Gasteiger partial charge in [-0.25, -0.2) is 14.3 Å². The van der Waals surface area contributed by atoms with E-state index in [9.17, 15) is 28.6 Å². The first-order chi connectivity index (χ1) is 25.5. The molecule has 3 heterocycles. The van der Waals surface area contributed by atoms with Gasteiger partial charge in [0.15, 0.2) is 5.82 Å². The third-order valence-electron chi connectivity index (χ3n) is 8.10. The van der Waals surface area contributed by atoms with E-state index in [1.54, 1.807) is 76.4 Å². The molecule has 0 fully saturated rings. The van der Waals surface area contributed by atoms with E-state index in [0.29, 0.717) is 23.6 Å². The SMILES string of the molecule is CCOP(=O)(O)OCCCCCCCCCCCCNC(=O)c1cc(NC(=O)c2cc(NC(=O)c3nc(NC(=O)OC(C)(C)C)cn3C)cn2C)cn1C. The number of anilines is 3. The number of phosphoric acid groups is 1. The zero-order valence-electron chi connectivity index (χ0n) is 32.5. The van der Waals surface area contributed by atoms with Crippen LogP contribution in [0.4, 0.5) is 22.0 Å². The Labute approximate surface area is 317 Å². The first-order valence-corrected chi connectivity index (χ1v) is 19.9. The molecule has 5 N–H and O–H groups in total. The van der Waals surface area contributed by atoms with Crippen molar-refractivity contribution in [3.05, 3.63) is 47.9 Å². The highest BCUT2D eigenvalue weighted by atomic mass is 31.2. The molecule has 54 heavy (non-hydrogen) atoms. The van der Waals surface area contributed by atoms with Crippen LogP contribution in [0.1, 0.15) is 123 Å². The Morgan fingerprint density at radius 1 is 0.722 bits per heavy atom. The summed E-state index contributed by atoms with van der Waals surface area (Å²) in [5.41, 5.74) is 0.797.